The maximum atomic E-state index is 6.22. The summed E-state index contributed by atoms with van der Waals surface area (Å²) in [6.45, 7) is 5.88. The molecule has 8 aliphatic heterocycles. The molecule has 8 aliphatic rings. The van der Waals surface area contributed by atoms with Crippen molar-refractivity contribution < 1.29 is 103 Å². The Kier molecular flexibility index (Phi) is 28.8. The van der Waals surface area contributed by atoms with Crippen LogP contribution in [0.3, 0.4) is 0 Å². The Morgan fingerprint density at radius 2 is 0.612 bits per heavy atom. The summed E-state index contributed by atoms with van der Waals surface area (Å²) in [5, 5.41) is 6.04. The fourth-order valence-corrected chi connectivity index (χ4v) is 16.3. The molecule has 0 bridgehead atoms. The number of nitrogens with zero attached hydrogens (tertiary/aromatic N) is 15. The number of rotatable bonds is 12. The van der Waals surface area contributed by atoms with E-state index in [1.54, 1.807) is 36.1 Å². The molecule has 16 aromatic rings. The summed E-state index contributed by atoms with van der Waals surface area (Å²) in [6.07, 6.45) is 22.4. The number of para-hydroxylation sites is 4. The summed E-state index contributed by atoms with van der Waals surface area (Å²) in [6, 6.07) is 126. The van der Waals surface area contributed by atoms with Crippen LogP contribution in [0.4, 0.5) is 79.6 Å². The standard InChI is InChI=1S/C28H21N4O.2C28H19N3O.C27H20N5O.4Pt/c1-30-15-16-31(20-30)23-12-13-28-27(18-23)32(26-11-3-2-7-22(26)19-33-28)24-9-6-8-21(17-24)25-10-4-5-14-29-25;2*1-2-12-26-22(7-1)19-32-28-14-13-21(25-11-6-16-30-25)18-27(28)31(26)23-9-5-8-20(17-23)24-10-3-4-15-29-24;1-30-19-31(18-29-30)22-12-13-27-26(16-22)32(25-11-3-2-7-21(25)17-33-27)23-9-6-8-20(15-23)24-10-4-5-14-28-24;;;;/h2-16,20H,19H2,1H3;2*1-10,12-16H,11,19H2;2-14,18-19H,17H2,1H3;;;;/q-3;2*-2;-3;;;2*+2. The average Bonchev–Trinajstić information content (AvgIpc) is 1.57. The Bertz CT molecular complexity index is 6680. The van der Waals surface area contributed by atoms with Crippen molar-refractivity contribution in [2.75, 3.05) is 43.5 Å². The SMILES string of the molecule is CN1C=CN(c2[c-]c3c(cc2)OCc2ccccc2N3c2[c-]c(-c3ccccn3)ccc2)[CH-]1.CN1[CH-]N(c2[c-]c3c(cc2)OCc2ccccc2N3c2[c-]c(-c3ccccn3)ccc2)C=N1.[Pt+2].[Pt+2].[Pt].[Pt].[c-]1c(-c2ccccn2)cccc1N1c2[c-]c(C3=NC=CC3)ccc2OCc2ccccc21.[c-]1c(-c2ccccn2)cccc1N1c2[c-]c(C3=NC=CC3)ccc2OCc2ccccc21. The molecule has 0 fully saturated rings. The molecule has 0 saturated heterocycles. The Labute approximate surface area is 837 Å². The fourth-order valence-electron chi connectivity index (χ4n) is 16.3. The Balaban J connectivity index is 0.000000123. The summed E-state index contributed by atoms with van der Waals surface area (Å²) in [5.41, 5.74) is 28.7. The van der Waals surface area contributed by atoms with Gasteiger partial charge in [-0.05, 0) is 156 Å². The number of fused-ring (bicyclic) bond motifs is 8. The second-order valence-corrected chi connectivity index (χ2v) is 31.1. The van der Waals surface area contributed by atoms with Crippen LogP contribution in [0.5, 0.6) is 23.0 Å². The van der Waals surface area contributed by atoms with Gasteiger partial charge in [-0.25, -0.2) is 5.10 Å². The van der Waals surface area contributed by atoms with Crippen LogP contribution >= 0.6 is 0 Å². The van der Waals surface area contributed by atoms with Gasteiger partial charge in [-0.3, -0.25) is 0 Å². The monoisotopic (exact) mass is 2470 g/mol. The molecule has 24 rings (SSSR count). The first-order valence-electron chi connectivity index (χ1n) is 42.7. The molecule has 0 atom stereocenters. The number of aromatic nitrogens is 4. The molecule has 0 saturated carbocycles. The normalized spacial score (nSPS) is 14.0. The van der Waals surface area contributed by atoms with Crippen molar-refractivity contribution in [3.63, 3.8) is 0 Å². The van der Waals surface area contributed by atoms with Crippen LogP contribution < -0.4 is 48.3 Å². The minimum absolute atomic E-state index is 0. The molecule has 0 amide bonds. The Hall–Kier alpha value is -14.2. The van der Waals surface area contributed by atoms with Crippen molar-refractivity contribution in [3.8, 4) is 68.0 Å². The third kappa shape index (κ3) is 19.7. The number of hydrogen-bond acceptors (Lipinski definition) is 19. The summed E-state index contributed by atoms with van der Waals surface area (Å²) in [4.78, 5) is 41.7. The van der Waals surface area contributed by atoms with Gasteiger partial charge in [0.2, 0.25) is 0 Å². The van der Waals surface area contributed by atoms with Gasteiger partial charge in [-0.2, -0.15) is 6.67 Å². The van der Waals surface area contributed by atoms with Crippen LogP contribution in [-0.2, 0) is 111 Å². The van der Waals surface area contributed by atoms with Gasteiger partial charge in [0, 0.05) is 147 Å². The molecular formula is C111H79N15O4Pt4-6. The molecule has 0 spiro atoms. The summed E-state index contributed by atoms with van der Waals surface area (Å²) < 4.78 is 24.8. The molecule has 12 heterocycles. The molecule has 134 heavy (non-hydrogen) atoms. The van der Waals surface area contributed by atoms with Gasteiger partial charge < -0.3 is 88.2 Å². The largest absolute Gasteiger partial charge is 2.00 e. The molecule has 19 nitrogen and oxygen atoms in total. The Morgan fingerprint density at radius 3 is 0.910 bits per heavy atom. The van der Waals surface area contributed by atoms with Crippen molar-refractivity contribution in [3.05, 3.63) is 448 Å². The molecule has 0 N–H and O–H groups in total. The zero-order valence-electron chi connectivity index (χ0n) is 72.1. The molecule has 0 radical (unpaired) electrons. The van der Waals surface area contributed by atoms with E-state index in [0.717, 1.165) is 205 Å². The number of anilines is 14. The number of benzene rings is 12. The van der Waals surface area contributed by atoms with Gasteiger partial charge in [0.1, 0.15) is 13.2 Å². The second-order valence-electron chi connectivity index (χ2n) is 31.1. The molecule has 0 unspecified atom stereocenters. The van der Waals surface area contributed by atoms with Gasteiger partial charge in [-0.15, -0.1) is 221 Å². The van der Waals surface area contributed by atoms with Crippen LogP contribution in [0.25, 0.3) is 45.0 Å². The minimum atomic E-state index is 0. The van der Waals surface area contributed by atoms with Crippen LogP contribution in [-0.4, -0.2) is 61.7 Å². The second kappa shape index (κ2) is 42.2. The van der Waals surface area contributed by atoms with E-state index < -0.39 is 0 Å². The molecule has 668 valence electrons. The van der Waals surface area contributed by atoms with Gasteiger partial charge >= 0.3 is 42.1 Å². The summed E-state index contributed by atoms with van der Waals surface area (Å²) >= 11 is 0. The van der Waals surface area contributed by atoms with Gasteiger partial charge in [0.05, 0.1) is 31.1 Å². The van der Waals surface area contributed by atoms with E-state index in [1.807, 2.05) is 279 Å². The third-order valence-corrected chi connectivity index (χ3v) is 22.6. The number of allylic oxidation sites excluding steroid dienone is 2. The van der Waals surface area contributed by atoms with Crippen LogP contribution in [0.15, 0.2) is 368 Å². The molecule has 4 aromatic heterocycles. The molecule has 23 heteroatoms. The number of hydrazone groups is 1. The van der Waals surface area contributed by atoms with E-state index in [4.69, 9.17) is 18.9 Å². The molecule has 12 aromatic carbocycles. The van der Waals surface area contributed by atoms with Crippen LogP contribution in [0.2, 0.25) is 0 Å². The Morgan fingerprint density at radius 1 is 0.291 bits per heavy atom. The fraction of sp³-hybridized carbons (Fsp3) is 0.0721. The summed E-state index contributed by atoms with van der Waals surface area (Å²) in [7, 11) is 3.90. The smallest absolute Gasteiger partial charge is 0.545 e. The van der Waals surface area contributed by atoms with E-state index in [9.17, 15) is 0 Å². The average molecular weight is 2470 g/mol. The molecule has 0 aliphatic carbocycles. The van der Waals surface area contributed by atoms with Crippen molar-refractivity contribution in [1.82, 2.24) is 29.8 Å². The van der Waals surface area contributed by atoms with E-state index in [2.05, 4.69) is 194 Å². The number of pyridine rings is 4. The van der Waals surface area contributed by atoms with E-state index in [1.165, 1.54) is 0 Å². The number of ether oxygens (including phenoxy) is 4. The summed E-state index contributed by atoms with van der Waals surface area (Å²) in [5.74, 6) is 3.11. The van der Waals surface area contributed by atoms with Crippen molar-refractivity contribution in [2.45, 2.75) is 39.3 Å². The zero-order valence-corrected chi connectivity index (χ0v) is 81.2. The number of aliphatic imine (C=N–C) groups is 2. The quantitative estimate of drug-likeness (QED) is 0.107. The van der Waals surface area contributed by atoms with E-state index >= 15 is 0 Å². The van der Waals surface area contributed by atoms with E-state index in [-0.39, 0.29) is 84.3 Å². The van der Waals surface area contributed by atoms with Crippen molar-refractivity contribution in [1.29, 1.82) is 0 Å². The first-order chi connectivity index (χ1) is 64.2. The van der Waals surface area contributed by atoms with Gasteiger partial charge in [0.15, 0.2) is 0 Å². The number of hydrogen-bond donors (Lipinski definition) is 0. The maximum absolute atomic E-state index is 6.22. The van der Waals surface area contributed by atoms with Crippen molar-refractivity contribution >= 4 is 97.4 Å². The van der Waals surface area contributed by atoms with Gasteiger partial charge in [-0.1, -0.05) is 133 Å². The van der Waals surface area contributed by atoms with Crippen LogP contribution in [0.1, 0.15) is 46.2 Å². The minimum Gasteiger partial charge on any atom is -0.545 e. The van der Waals surface area contributed by atoms with Gasteiger partial charge in [0.25, 0.3) is 0 Å². The first-order valence-corrected chi connectivity index (χ1v) is 42.7. The van der Waals surface area contributed by atoms with E-state index in [0.29, 0.717) is 26.4 Å². The predicted octanol–water partition coefficient (Wildman–Crippen LogP) is 24.4. The predicted molar refractivity (Wildman–Crippen MR) is 513 cm³/mol. The maximum Gasteiger partial charge on any atom is 2.00 e. The first kappa shape index (κ1) is 91.7. The third-order valence-electron chi connectivity index (χ3n) is 22.6. The van der Waals surface area contributed by atoms with Crippen molar-refractivity contribution in [2.24, 2.45) is 15.1 Å². The zero-order chi connectivity index (χ0) is 87.1. The van der Waals surface area contributed by atoms with Crippen LogP contribution in [0, 0.1) is 61.9 Å². The topological polar surface area (TPSA) is 151 Å². The molecular weight excluding hydrogens is 2390 g/mol.